The average Bonchev–Trinajstić information content (AvgIpc) is 2.54. The normalized spacial score (nSPS) is 11.1. The number of nitrogens with two attached hydrogens (primary N) is 1. The summed E-state index contributed by atoms with van der Waals surface area (Å²) >= 11 is 0. The molecule has 1 amide bonds. The third kappa shape index (κ3) is 4.34. The van der Waals surface area contributed by atoms with Gasteiger partial charge < -0.3 is 5.32 Å². The monoisotopic (exact) mass is 297 g/mol. The van der Waals surface area contributed by atoms with E-state index in [4.69, 9.17) is 5.73 Å². The fourth-order valence-electron chi connectivity index (χ4n) is 1.97. The number of aryl methyl sites for hydroxylation is 2. The van der Waals surface area contributed by atoms with Gasteiger partial charge in [0.05, 0.1) is 12.1 Å². The summed E-state index contributed by atoms with van der Waals surface area (Å²) < 4.78 is 0. The Balaban J connectivity index is 1.89. The number of hydrazine groups is 1. The van der Waals surface area contributed by atoms with E-state index in [1.165, 1.54) is 0 Å². The first kappa shape index (κ1) is 15.6. The third-order valence-electron chi connectivity index (χ3n) is 3.25. The maximum absolute atomic E-state index is 11.8. The SMILES string of the molecule is Cc1ccc(C)c(NCC(=O)N[NH+]=C(N)c2ccccc2)c1. The predicted molar refractivity (Wildman–Crippen MR) is 88.2 cm³/mol. The number of anilines is 1. The van der Waals surface area contributed by atoms with Crippen LogP contribution in [0.2, 0.25) is 0 Å². The van der Waals surface area contributed by atoms with Crippen LogP contribution in [-0.2, 0) is 4.79 Å². The second-order valence-corrected chi connectivity index (χ2v) is 5.12. The molecule has 0 bridgehead atoms. The Morgan fingerprint density at radius 2 is 1.86 bits per heavy atom. The molecule has 0 radical (unpaired) electrons. The lowest BCUT2D eigenvalue weighted by molar-refractivity contribution is -0.511. The number of benzene rings is 2. The second kappa shape index (κ2) is 7.26. The van der Waals surface area contributed by atoms with Crippen molar-refractivity contribution in [3.63, 3.8) is 0 Å². The van der Waals surface area contributed by atoms with Crippen molar-refractivity contribution >= 4 is 17.4 Å². The van der Waals surface area contributed by atoms with Crippen LogP contribution in [0.25, 0.3) is 0 Å². The van der Waals surface area contributed by atoms with Gasteiger partial charge in [0, 0.05) is 5.69 Å². The molecule has 2 rings (SSSR count). The van der Waals surface area contributed by atoms with Gasteiger partial charge in [0.15, 0.2) is 0 Å². The van der Waals surface area contributed by atoms with Crippen LogP contribution in [0.1, 0.15) is 16.7 Å². The topological polar surface area (TPSA) is 81.1 Å². The molecular formula is C17H21N4O+. The molecule has 0 unspecified atom stereocenters. The van der Waals surface area contributed by atoms with Gasteiger partial charge in [0.25, 0.3) is 11.7 Å². The smallest absolute Gasteiger partial charge is 0.296 e. The minimum atomic E-state index is -0.195. The number of hydrazone groups is 1. The van der Waals surface area contributed by atoms with Crippen molar-refractivity contribution in [3.05, 3.63) is 65.2 Å². The molecule has 0 aliphatic heterocycles. The van der Waals surface area contributed by atoms with Crippen LogP contribution in [-0.4, -0.2) is 18.3 Å². The van der Waals surface area contributed by atoms with Crippen molar-refractivity contribution in [1.29, 1.82) is 0 Å². The zero-order valence-corrected chi connectivity index (χ0v) is 12.8. The Kier molecular flexibility index (Phi) is 5.14. The minimum absolute atomic E-state index is 0.166. The summed E-state index contributed by atoms with van der Waals surface area (Å²) in [4.78, 5) is 11.8. The molecule has 22 heavy (non-hydrogen) atoms. The molecule has 5 heteroatoms. The Bertz CT molecular complexity index is 680. The molecule has 0 saturated heterocycles. The molecule has 0 atom stereocenters. The van der Waals surface area contributed by atoms with Crippen LogP contribution in [0.15, 0.2) is 48.5 Å². The Morgan fingerprint density at radius 3 is 2.59 bits per heavy atom. The summed E-state index contributed by atoms with van der Waals surface area (Å²) in [6.45, 7) is 4.18. The first-order valence-electron chi connectivity index (χ1n) is 7.10. The zero-order chi connectivity index (χ0) is 15.9. The summed E-state index contributed by atoms with van der Waals surface area (Å²) in [7, 11) is 0. The Hall–Kier alpha value is -2.82. The standard InChI is InChI=1S/C17H20N4O/c1-12-8-9-13(2)15(10-12)19-11-16(22)20-21-17(18)14-6-4-3-5-7-14/h3-10,19H,11H2,1-2H3,(H2,18,21)(H,20,22)/p+1. The van der Waals surface area contributed by atoms with Crippen LogP contribution < -0.4 is 21.6 Å². The average molecular weight is 297 g/mol. The molecule has 0 aliphatic rings. The van der Waals surface area contributed by atoms with Gasteiger partial charge in [-0.1, -0.05) is 30.3 Å². The van der Waals surface area contributed by atoms with Gasteiger partial charge in [0.1, 0.15) is 0 Å². The number of nitrogen functional groups attached to an aromatic ring is 1. The lowest BCUT2D eigenvalue weighted by Gasteiger charge is -2.09. The second-order valence-electron chi connectivity index (χ2n) is 5.12. The van der Waals surface area contributed by atoms with Gasteiger partial charge in [0.2, 0.25) is 0 Å². The molecule has 0 fully saturated rings. The number of amides is 1. The lowest BCUT2D eigenvalue weighted by Crippen LogP contribution is -2.86. The fraction of sp³-hybridized carbons (Fsp3) is 0.176. The maximum Gasteiger partial charge on any atom is 0.296 e. The van der Waals surface area contributed by atoms with Crippen molar-refractivity contribution in [2.75, 3.05) is 11.9 Å². The third-order valence-corrected chi connectivity index (χ3v) is 3.25. The summed E-state index contributed by atoms with van der Waals surface area (Å²) in [5.74, 6) is 0.209. The predicted octanol–water partition coefficient (Wildman–Crippen LogP) is 0.233. The zero-order valence-electron chi connectivity index (χ0n) is 12.8. The molecule has 0 saturated carbocycles. The van der Waals surface area contributed by atoms with Gasteiger partial charge in [-0.05, 0) is 43.2 Å². The van der Waals surface area contributed by atoms with Gasteiger partial charge >= 0.3 is 0 Å². The van der Waals surface area contributed by atoms with Crippen LogP contribution in [0.4, 0.5) is 5.69 Å². The quantitative estimate of drug-likeness (QED) is 0.362. The van der Waals surface area contributed by atoms with Crippen LogP contribution in [0.3, 0.4) is 0 Å². The van der Waals surface area contributed by atoms with E-state index < -0.39 is 0 Å². The van der Waals surface area contributed by atoms with E-state index in [2.05, 4.69) is 15.8 Å². The Labute approximate surface area is 130 Å². The number of amidine groups is 1. The van der Waals surface area contributed by atoms with E-state index >= 15 is 0 Å². The molecule has 2 aromatic carbocycles. The van der Waals surface area contributed by atoms with Crippen LogP contribution in [0, 0.1) is 13.8 Å². The van der Waals surface area contributed by atoms with E-state index in [9.17, 15) is 4.79 Å². The Morgan fingerprint density at radius 1 is 1.14 bits per heavy atom. The molecule has 5 N–H and O–H groups in total. The highest BCUT2D eigenvalue weighted by Gasteiger charge is 2.06. The molecule has 0 aromatic heterocycles. The largest absolute Gasteiger partial charge is 0.376 e. The van der Waals surface area contributed by atoms with Gasteiger partial charge in [-0.3, -0.25) is 10.5 Å². The number of hydrogen-bond acceptors (Lipinski definition) is 2. The molecule has 5 nitrogen and oxygen atoms in total. The summed E-state index contributed by atoms with van der Waals surface area (Å²) in [5, 5.41) is 5.83. The number of hydrogen-bond donors (Lipinski definition) is 4. The van der Waals surface area contributed by atoms with Crippen molar-refractivity contribution in [3.8, 4) is 0 Å². The van der Waals surface area contributed by atoms with Crippen LogP contribution >= 0.6 is 0 Å². The summed E-state index contributed by atoms with van der Waals surface area (Å²) in [5.41, 5.74) is 12.5. The number of rotatable bonds is 5. The molecule has 114 valence electrons. The van der Waals surface area contributed by atoms with E-state index in [1.54, 1.807) is 0 Å². The number of carbonyl (C=O) groups is 1. The van der Waals surface area contributed by atoms with E-state index in [-0.39, 0.29) is 12.5 Å². The highest BCUT2D eigenvalue weighted by atomic mass is 16.2. The molecule has 0 heterocycles. The van der Waals surface area contributed by atoms with Crippen molar-refractivity contribution in [2.24, 2.45) is 5.73 Å². The maximum atomic E-state index is 11.8. The van der Waals surface area contributed by atoms with E-state index in [0.717, 1.165) is 22.4 Å². The lowest BCUT2D eigenvalue weighted by atomic mass is 10.1. The van der Waals surface area contributed by atoms with E-state index in [0.29, 0.717) is 5.84 Å². The van der Waals surface area contributed by atoms with Crippen molar-refractivity contribution < 1.29 is 9.90 Å². The highest BCUT2D eigenvalue weighted by molar-refractivity contribution is 5.93. The number of carbonyl (C=O) groups excluding carboxylic acids is 1. The molecule has 0 spiro atoms. The first-order valence-corrected chi connectivity index (χ1v) is 7.10. The highest BCUT2D eigenvalue weighted by Crippen LogP contribution is 2.15. The fourth-order valence-corrected chi connectivity index (χ4v) is 1.97. The molecule has 0 aliphatic carbocycles. The summed E-state index contributed by atoms with van der Waals surface area (Å²) in [6.07, 6.45) is 0. The summed E-state index contributed by atoms with van der Waals surface area (Å²) in [6, 6.07) is 15.5. The molecule has 2 aromatic rings. The van der Waals surface area contributed by atoms with Gasteiger partial charge in [-0.2, -0.15) is 10.5 Å². The van der Waals surface area contributed by atoms with Gasteiger partial charge in [-0.25, -0.2) is 0 Å². The van der Waals surface area contributed by atoms with E-state index in [1.807, 2.05) is 62.4 Å². The minimum Gasteiger partial charge on any atom is -0.376 e. The van der Waals surface area contributed by atoms with Gasteiger partial charge in [-0.15, -0.1) is 0 Å². The van der Waals surface area contributed by atoms with Crippen molar-refractivity contribution in [1.82, 2.24) is 5.43 Å². The van der Waals surface area contributed by atoms with Crippen molar-refractivity contribution in [2.45, 2.75) is 13.8 Å². The number of nitrogens with one attached hydrogen (secondary N) is 3. The molecular weight excluding hydrogens is 276 g/mol. The first-order chi connectivity index (χ1) is 10.6. The van der Waals surface area contributed by atoms with Crippen LogP contribution in [0.5, 0.6) is 0 Å².